The van der Waals surface area contributed by atoms with Crippen LogP contribution in [0.15, 0.2) is 59.3 Å². The first-order valence-corrected chi connectivity index (χ1v) is 7.68. The number of rotatable bonds is 4. The van der Waals surface area contributed by atoms with Gasteiger partial charge in [-0.3, -0.25) is 9.97 Å². The summed E-state index contributed by atoms with van der Waals surface area (Å²) in [7, 11) is 1.98. The minimum atomic E-state index is 0.214. The molecule has 1 aromatic carbocycles. The Hall–Kier alpha value is -1.78. The van der Waals surface area contributed by atoms with E-state index in [-0.39, 0.29) is 6.04 Å². The van der Waals surface area contributed by atoms with Crippen molar-refractivity contribution in [3.05, 3.63) is 70.6 Å². The van der Waals surface area contributed by atoms with Gasteiger partial charge in [-0.15, -0.1) is 0 Å². The first-order chi connectivity index (χ1) is 10.3. The van der Waals surface area contributed by atoms with E-state index in [0.29, 0.717) is 0 Å². The number of pyridine rings is 2. The third-order valence-corrected chi connectivity index (χ3v) is 4.07. The number of likely N-dealkylation sites (N-methyl/N-ethyl adjacent to an activating group) is 1. The van der Waals surface area contributed by atoms with Crippen LogP contribution in [-0.2, 0) is 6.42 Å². The highest BCUT2D eigenvalue weighted by molar-refractivity contribution is 9.10. The molecule has 0 fully saturated rings. The number of nitrogens with zero attached hydrogens (tertiary/aromatic N) is 2. The second-order valence-electron chi connectivity index (χ2n) is 4.93. The van der Waals surface area contributed by atoms with E-state index in [9.17, 15) is 0 Å². The van der Waals surface area contributed by atoms with Crippen molar-refractivity contribution in [3.63, 3.8) is 0 Å². The molecule has 4 heteroatoms. The van der Waals surface area contributed by atoms with Crippen LogP contribution in [0, 0.1) is 0 Å². The van der Waals surface area contributed by atoms with Gasteiger partial charge in [0.25, 0.3) is 0 Å². The molecule has 0 radical (unpaired) electrons. The van der Waals surface area contributed by atoms with Gasteiger partial charge in [0.1, 0.15) is 0 Å². The second-order valence-corrected chi connectivity index (χ2v) is 5.85. The molecule has 0 spiro atoms. The first kappa shape index (κ1) is 14.2. The Morgan fingerprint density at radius 1 is 1.10 bits per heavy atom. The molecule has 2 aromatic heterocycles. The van der Waals surface area contributed by atoms with Gasteiger partial charge in [0.2, 0.25) is 0 Å². The fourth-order valence-electron chi connectivity index (χ4n) is 2.53. The lowest BCUT2D eigenvalue weighted by atomic mass is 9.97. The molecule has 1 N–H and O–H groups in total. The number of hydrogen-bond donors (Lipinski definition) is 1. The van der Waals surface area contributed by atoms with Crippen LogP contribution in [0.5, 0.6) is 0 Å². The standard InChI is InChI=1S/C17H16BrN3/c1-19-17(10-13-8-7-12(18)11-21-13)15-4-2-6-16-14(15)5-3-9-20-16/h2-9,11,17,19H,10H2,1H3. The van der Waals surface area contributed by atoms with Crippen molar-refractivity contribution in [2.45, 2.75) is 12.5 Å². The smallest absolute Gasteiger partial charge is 0.0705 e. The molecule has 1 unspecified atom stereocenters. The Balaban J connectivity index is 1.96. The molecular weight excluding hydrogens is 326 g/mol. The Morgan fingerprint density at radius 2 is 2.00 bits per heavy atom. The van der Waals surface area contributed by atoms with E-state index < -0.39 is 0 Å². The number of aromatic nitrogens is 2. The van der Waals surface area contributed by atoms with Crippen molar-refractivity contribution < 1.29 is 0 Å². The predicted octanol–water partition coefficient (Wildman–Crippen LogP) is 3.90. The average Bonchev–Trinajstić information content (AvgIpc) is 2.54. The van der Waals surface area contributed by atoms with Crippen molar-refractivity contribution in [1.29, 1.82) is 0 Å². The summed E-state index contributed by atoms with van der Waals surface area (Å²) in [6, 6.07) is 14.7. The summed E-state index contributed by atoms with van der Waals surface area (Å²) in [5.41, 5.74) is 3.35. The molecule has 0 saturated carbocycles. The lowest BCUT2D eigenvalue weighted by Crippen LogP contribution is -2.19. The zero-order valence-electron chi connectivity index (χ0n) is 11.8. The number of nitrogens with one attached hydrogen (secondary N) is 1. The summed E-state index contributed by atoms with van der Waals surface area (Å²) in [4.78, 5) is 8.90. The maximum atomic E-state index is 4.47. The Morgan fingerprint density at radius 3 is 2.76 bits per heavy atom. The van der Waals surface area contributed by atoms with Crippen LogP contribution in [0.2, 0.25) is 0 Å². The highest BCUT2D eigenvalue weighted by Gasteiger charge is 2.14. The molecule has 0 aliphatic carbocycles. The van der Waals surface area contributed by atoms with E-state index in [4.69, 9.17) is 0 Å². The third-order valence-electron chi connectivity index (χ3n) is 3.61. The van der Waals surface area contributed by atoms with Gasteiger partial charge in [0.15, 0.2) is 0 Å². The molecule has 3 nitrogen and oxygen atoms in total. The minimum Gasteiger partial charge on any atom is -0.313 e. The van der Waals surface area contributed by atoms with E-state index >= 15 is 0 Å². The summed E-state index contributed by atoms with van der Waals surface area (Å²) in [6.07, 6.45) is 4.52. The first-order valence-electron chi connectivity index (χ1n) is 6.89. The monoisotopic (exact) mass is 341 g/mol. The van der Waals surface area contributed by atoms with Crippen molar-refractivity contribution in [3.8, 4) is 0 Å². The Bertz CT molecular complexity index is 735. The van der Waals surface area contributed by atoms with E-state index in [0.717, 1.165) is 22.1 Å². The minimum absolute atomic E-state index is 0.214. The molecule has 3 aromatic rings. The van der Waals surface area contributed by atoms with Gasteiger partial charge in [-0.2, -0.15) is 0 Å². The van der Waals surface area contributed by atoms with Crippen LogP contribution in [-0.4, -0.2) is 17.0 Å². The Labute approximate surface area is 132 Å². The molecule has 1 atom stereocenters. The van der Waals surface area contributed by atoms with Crippen molar-refractivity contribution >= 4 is 26.8 Å². The number of hydrogen-bond acceptors (Lipinski definition) is 3. The molecule has 21 heavy (non-hydrogen) atoms. The maximum absolute atomic E-state index is 4.47. The summed E-state index contributed by atoms with van der Waals surface area (Å²) >= 11 is 3.42. The van der Waals surface area contributed by atoms with Crippen LogP contribution in [0.1, 0.15) is 17.3 Å². The van der Waals surface area contributed by atoms with E-state index in [1.54, 1.807) is 0 Å². The number of fused-ring (bicyclic) bond motifs is 1. The SMILES string of the molecule is CNC(Cc1ccc(Br)cn1)c1cccc2ncccc12. The summed E-state index contributed by atoms with van der Waals surface area (Å²) in [6.45, 7) is 0. The highest BCUT2D eigenvalue weighted by Crippen LogP contribution is 2.25. The molecule has 106 valence electrons. The molecule has 0 saturated heterocycles. The quantitative estimate of drug-likeness (QED) is 0.782. The van der Waals surface area contributed by atoms with Crippen molar-refractivity contribution in [2.75, 3.05) is 7.05 Å². The molecule has 2 heterocycles. The number of halogens is 1. The van der Waals surface area contributed by atoms with Gasteiger partial charge in [0.05, 0.1) is 5.52 Å². The van der Waals surface area contributed by atoms with Crippen LogP contribution in [0.4, 0.5) is 0 Å². The van der Waals surface area contributed by atoms with Crippen LogP contribution < -0.4 is 5.32 Å². The van der Waals surface area contributed by atoms with Gasteiger partial charge in [0, 0.05) is 40.4 Å². The van der Waals surface area contributed by atoms with Gasteiger partial charge in [-0.25, -0.2) is 0 Å². The van der Waals surface area contributed by atoms with Gasteiger partial charge < -0.3 is 5.32 Å². The predicted molar refractivity (Wildman–Crippen MR) is 89.2 cm³/mol. The van der Waals surface area contributed by atoms with Crippen molar-refractivity contribution in [2.24, 2.45) is 0 Å². The van der Waals surface area contributed by atoms with Crippen molar-refractivity contribution in [1.82, 2.24) is 15.3 Å². The third kappa shape index (κ3) is 3.12. The maximum Gasteiger partial charge on any atom is 0.0705 e. The highest BCUT2D eigenvalue weighted by atomic mass is 79.9. The fraction of sp³-hybridized carbons (Fsp3) is 0.176. The lowest BCUT2D eigenvalue weighted by Gasteiger charge is -2.18. The molecule has 0 aliphatic heterocycles. The van der Waals surface area contributed by atoms with E-state index in [2.05, 4.69) is 55.5 Å². The topological polar surface area (TPSA) is 37.8 Å². The van der Waals surface area contributed by atoms with E-state index in [1.165, 1.54) is 10.9 Å². The summed E-state index contributed by atoms with van der Waals surface area (Å²) in [5.74, 6) is 0. The fourth-order valence-corrected chi connectivity index (χ4v) is 2.77. The molecular formula is C17H16BrN3. The summed E-state index contributed by atoms with van der Waals surface area (Å²) < 4.78 is 1.00. The van der Waals surface area contributed by atoms with Crippen LogP contribution in [0.3, 0.4) is 0 Å². The number of benzene rings is 1. The molecule has 0 aliphatic rings. The lowest BCUT2D eigenvalue weighted by molar-refractivity contribution is 0.588. The van der Waals surface area contributed by atoms with E-state index in [1.807, 2.05) is 37.6 Å². The molecule has 0 bridgehead atoms. The van der Waals surface area contributed by atoms with Gasteiger partial charge in [-0.05, 0) is 52.8 Å². The second kappa shape index (κ2) is 6.33. The summed E-state index contributed by atoms with van der Waals surface area (Å²) in [5, 5.41) is 4.59. The van der Waals surface area contributed by atoms with Gasteiger partial charge >= 0.3 is 0 Å². The average molecular weight is 342 g/mol. The zero-order chi connectivity index (χ0) is 14.7. The zero-order valence-corrected chi connectivity index (χ0v) is 13.3. The molecule has 3 rings (SSSR count). The van der Waals surface area contributed by atoms with Gasteiger partial charge in [-0.1, -0.05) is 18.2 Å². The van der Waals surface area contributed by atoms with Crippen LogP contribution >= 0.6 is 15.9 Å². The molecule has 0 amide bonds. The normalized spacial score (nSPS) is 12.5. The largest absolute Gasteiger partial charge is 0.313 e. The Kier molecular flexibility index (Phi) is 4.27. The van der Waals surface area contributed by atoms with Crippen LogP contribution in [0.25, 0.3) is 10.9 Å².